The van der Waals surface area contributed by atoms with Gasteiger partial charge >= 0.3 is 0 Å². The van der Waals surface area contributed by atoms with E-state index in [4.69, 9.17) is 5.73 Å². The van der Waals surface area contributed by atoms with Crippen LogP contribution in [0, 0.1) is 0 Å². The highest BCUT2D eigenvalue weighted by atomic mass is 32.1. The normalized spacial score (nSPS) is 26.2. The van der Waals surface area contributed by atoms with Gasteiger partial charge in [-0.25, -0.2) is 0 Å². The molecule has 1 atom stereocenters. The molecule has 1 unspecified atom stereocenters. The molecule has 1 rings (SSSR count). The number of rotatable bonds is 0. The molecule has 0 aromatic heterocycles. The fourth-order valence-electron chi connectivity index (χ4n) is 0.595. The molecule has 0 bridgehead atoms. The number of carbonyl (C=O) groups excluding carboxylic acids is 1. The first-order chi connectivity index (χ1) is 4.22. The van der Waals surface area contributed by atoms with E-state index in [2.05, 4.69) is 12.6 Å². The van der Waals surface area contributed by atoms with Gasteiger partial charge in [0.1, 0.15) is 0 Å². The number of hydrogen-bond donors (Lipinski definition) is 2. The average Bonchev–Trinajstić information content (AvgIpc) is 1.83. The summed E-state index contributed by atoms with van der Waals surface area (Å²) in [4.78, 5) is 11.3. The van der Waals surface area contributed by atoms with E-state index in [-0.39, 0.29) is 5.78 Å². The van der Waals surface area contributed by atoms with Crippen LogP contribution in [0.15, 0.2) is 23.1 Å². The molecule has 0 amide bonds. The van der Waals surface area contributed by atoms with Crippen LogP contribution in [0.25, 0.3) is 0 Å². The second-order valence-corrected chi connectivity index (χ2v) is 2.35. The van der Waals surface area contributed by atoms with Crippen molar-refractivity contribution in [3.8, 4) is 0 Å². The summed E-state index contributed by atoms with van der Waals surface area (Å²) in [6.45, 7) is 0. The first kappa shape index (κ1) is 6.58. The van der Waals surface area contributed by atoms with Crippen molar-refractivity contribution in [3.05, 3.63) is 23.1 Å². The number of ketones is 1. The second kappa shape index (κ2) is 2.37. The fraction of sp³-hybridized carbons (Fsp3) is 0.167. The van der Waals surface area contributed by atoms with Crippen molar-refractivity contribution < 1.29 is 4.79 Å². The van der Waals surface area contributed by atoms with E-state index in [9.17, 15) is 4.79 Å². The molecule has 0 aromatic carbocycles. The van der Waals surface area contributed by atoms with Gasteiger partial charge < -0.3 is 5.73 Å². The molecule has 0 aliphatic heterocycles. The molecule has 48 valence electrons. The minimum atomic E-state index is -0.529. The van der Waals surface area contributed by atoms with Gasteiger partial charge in [-0.3, -0.25) is 4.79 Å². The van der Waals surface area contributed by atoms with E-state index < -0.39 is 6.04 Å². The zero-order valence-electron chi connectivity index (χ0n) is 4.74. The zero-order chi connectivity index (χ0) is 6.85. The van der Waals surface area contributed by atoms with E-state index in [0.29, 0.717) is 4.91 Å². The molecule has 9 heavy (non-hydrogen) atoms. The van der Waals surface area contributed by atoms with Crippen molar-refractivity contribution in [1.29, 1.82) is 0 Å². The molecule has 0 saturated heterocycles. The van der Waals surface area contributed by atoms with Gasteiger partial charge in [-0.1, -0.05) is 12.2 Å². The predicted molar refractivity (Wildman–Crippen MR) is 39.2 cm³/mol. The lowest BCUT2D eigenvalue weighted by atomic mass is 10.1. The molecular weight excluding hydrogens is 134 g/mol. The Hall–Kier alpha value is -0.540. The Kier molecular flexibility index (Phi) is 1.73. The van der Waals surface area contributed by atoms with E-state index >= 15 is 0 Å². The van der Waals surface area contributed by atoms with Crippen molar-refractivity contribution in [1.82, 2.24) is 0 Å². The SMILES string of the molecule is NC1C(=O)C=CC=C1S. The average molecular weight is 141 g/mol. The second-order valence-electron chi connectivity index (χ2n) is 1.83. The van der Waals surface area contributed by atoms with Crippen LogP contribution in [0.1, 0.15) is 0 Å². The highest BCUT2D eigenvalue weighted by Gasteiger charge is 2.14. The maximum absolute atomic E-state index is 10.7. The Morgan fingerprint density at radius 1 is 1.67 bits per heavy atom. The van der Waals surface area contributed by atoms with Gasteiger partial charge in [0.15, 0.2) is 5.78 Å². The smallest absolute Gasteiger partial charge is 0.177 e. The van der Waals surface area contributed by atoms with Crippen LogP contribution >= 0.6 is 12.6 Å². The quantitative estimate of drug-likeness (QED) is 0.475. The van der Waals surface area contributed by atoms with Crippen LogP contribution in [0.3, 0.4) is 0 Å². The van der Waals surface area contributed by atoms with Crippen LogP contribution in [-0.4, -0.2) is 11.8 Å². The molecule has 1 aliphatic carbocycles. The Labute approximate surface area is 58.8 Å². The lowest BCUT2D eigenvalue weighted by molar-refractivity contribution is -0.115. The number of carbonyl (C=O) groups is 1. The van der Waals surface area contributed by atoms with Crippen LogP contribution in [0.2, 0.25) is 0 Å². The molecule has 2 nitrogen and oxygen atoms in total. The van der Waals surface area contributed by atoms with Crippen LogP contribution in [-0.2, 0) is 4.79 Å². The van der Waals surface area contributed by atoms with Gasteiger partial charge in [-0.15, -0.1) is 12.6 Å². The fourth-order valence-corrected chi connectivity index (χ4v) is 0.808. The van der Waals surface area contributed by atoms with Crippen molar-refractivity contribution in [3.63, 3.8) is 0 Å². The summed E-state index contributed by atoms with van der Waals surface area (Å²) < 4.78 is 0. The summed E-state index contributed by atoms with van der Waals surface area (Å²) in [5, 5.41) is 0. The van der Waals surface area contributed by atoms with Gasteiger partial charge in [0.05, 0.1) is 6.04 Å². The van der Waals surface area contributed by atoms with Crippen molar-refractivity contribution in [2.75, 3.05) is 0 Å². The van der Waals surface area contributed by atoms with E-state index in [1.54, 1.807) is 12.2 Å². The van der Waals surface area contributed by atoms with Gasteiger partial charge in [-0.05, 0) is 6.08 Å². The van der Waals surface area contributed by atoms with Crippen molar-refractivity contribution in [2.24, 2.45) is 5.73 Å². The monoisotopic (exact) mass is 141 g/mol. The van der Waals surface area contributed by atoms with Gasteiger partial charge in [0.25, 0.3) is 0 Å². The summed E-state index contributed by atoms with van der Waals surface area (Å²) in [5.74, 6) is -0.0810. The molecule has 0 saturated carbocycles. The number of allylic oxidation sites excluding steroid dienone is 2. The molecule has 0 aromatic rings. The highest BCUT2D eigenvalue weighted by molar-refractivity contribution is 7.84. The lowest BCUT2D eigenvalue weighted by Crippen LogP contribution is -2.30. The third-order valence-electron chi connectivity index (χ3n) is 1.15. The predicted octanol–water partition coefficient (Wildman–Crippen LogP) is 0.266. The molecular formula is C6H7NOS. The molecule has 0 spiro atoms. The highest BCUT2D eigenvalue weighted by Crippen LogP contribution is 2.10. The molecule has 1 aliphatic rings. The minimum Gasteiger partial charge on any atom is -0.317 e. The Bertz CT molecular complexity index is 195. The molecule has 2 N–H and O–H groups in total. The number of hydrogen-bond acceptors (Lipinski definition) is 3. The number of nitrogens with two attached hydrogens (primary N) is 1. The van der Waals surface area contributed by atoms with E-state index in [1.807, 2.05) is 0 Å². The summed E-state index contributed by atoms with van der Waals surface area (Å²) in [7, 11) is 0. The summed E-state index contributed by atoms with van der Waals surface area (Å²) in [6, 6.07) is -0.529. The first-order valence-electron chi connectivity index (χ1n) is 2.58. The standard InChI is InChI=1S/C6H7NOS/c7-6-4(8)2-1-3-5(6)9/h1-3,6,9H,7H2. The molecule has 3 heteroatoms. The maximum Gasteiger partial charge on any atom is 0.177 e. The molecule has 0 fully saturated rings. The van der Waals surface area contributed by atoms with Gasteiger partial charge in [0.2, 0.25) is 0 Å². The van der Waals surface area contributed by atoms with Crippen molar-refractivity contribution >= 4 is 18.4 Å². The van der Waals surface area contributed by atoms with Gasteiger partial charge in [0, 0.05) is 4.91 Å². The maximum atomic E-state index is 10.7. The Balaban J connectivity index is 2.86. The largest absolute Gasteiger partial charge is 0.317 e. The van der Waals surface area contributed by atoms with E-state index in [0.717, 1.165) is 0 Å². The van der Waals surface area contributed by atoms with Crippen LogP contribution in [0.5, 0.6) is 0 Å². The lowest BCUT2D eigenvalue weighted by Gasteiger charge is -2.09. The molecule has 0 radical (unpaired) electrons. The summed E-state index contributed by atoms with van der Waals surface area (Å²) in [5.41, 5.74) is 5.38. The Morgan fingerprint density at radius 2 is 2.33 bits per heavy atom. The topological polar surface area (TPSA) is 43.1 Å². The number of thiol groups is 1. The summed E-state index contributed by atoms with van der Waals surface area (Å²) >= 11 is 3.98. The van der Waals surface area contributed by atoms with E-state index in [1.165, 1.54) is 6.08 Å². The first-order valence-corrected chi connectivity index (χ1v) is 3.03. The van der Waals surface area contributed by atoms with Crippen LogP contribution < -0.4 is 5.73 Å². The van der Waals surface area contributed by atoms with Gasteiger partial charge in [-0.2, -0.15) is 0 Å². The third-order valence-corrected chi connectivity index (χ3v) is 1.58. The zero-order valence-corrected chi connectivity index (χ0v) is 5.64. The van der Waals surface area contributed by atoms with Crippen molar-refractivity contribution in [2.45, 2.75) is 6.04 Å². The van der Waals surface area contributed by atoms with Crippen LogP contribution in [0.4, 0.5) is 0 Å². The third kappa shape index (κ3) is 1.23. The Morgan fingerprint density at radius 3 is 2.78 bits per heavy atom. The minimum absolute atomic E-state index is 0.0810. The molecule has 0 heterocycles. The summed E-state index contributed by atoms with van der Waals surface area (Å²) in [6.07, 6.45) is 4.81.